The highest BCUT2D eigenvalue weighted by molar-refractivity contribution is 5.48. The molecule has 3 nitrogen and oxygen atoms in total. The lowest BCUT2D eigenvalue weighted by Crippen LogP contribution is -2.35. The maximum Gasteiger partial charge on any atom is 0.123 e. The zero-order valence-corrected chi connectivity index (χ0v) is 11.6. The first kappa shape index (κ1) is 14.3. The number of rotatable bonds is 5. The lowest BCUT2D eigenvalue weighted by Gasteiger charge is -2.30. The number of benzene rings is 2. The molecule has 0 radical (unpaired) electrons. The molecular formula is C16H18FNO2. The van der Waals surface area contributed by atoms with Crippen molar-refractivity contribution in [2.45, 2.75) is 12.5 Å². The van der Waals surface area contributed by atoms with Crippen molar-refractivity contribution in [1.82, 2.24) is 0 Å². The van der Waals surface area contributed by atoms with E-state index in [1.54, 1.807) is 19.2 Å². The predicted octanol–water partition coefficient (Wildman–Crippen LogP) is 3.15. The molecule has 0 amide bonds. The van der Waals surface area contributed by atoms with E-state index in [1.165, 1.54) is 12.1 Å². The van der Waals surface area contributed by atoms with Gasteiger partial charge in [-0.2, -0.15) is 0 Å². The topological polar surface area (TPSA) is 41.5 Å². The summed E-state index contributed by atoms with van der Waals surface area (Å²) in [7, 11) is 1.60. The highest BCUT2D eigenvalue weighted by Gasteiger charge is 2.26. The van der Waals surface area contributed by atoms with Crippen molar-refractivity contribution in [2.24, 2.45) is 0 Å². The predicted molar refractivity (Wildman–Crippen MR) is 77.5 cm³/mol. The van der Waals surface area contributed by atoms with E-state index in [-0.39, 0.29) is 12.4 Å². The van der Waals surface area contributed by atoms with E-state index < -0.39 is 5.54 Å². The van der Waals surface area contributed by atoms with Gasteiger partial charge in [-0.15, -0.1) is 0 Å². The molecule has 2 aromatic rings. The van der Waals surface area contributed by atoms with Crippen LogP contribution in [0.25, 0.3) is 0 Å². The summed E-state index contributed by atoms with van der Waals surface area (Å²) in [6.45, 7) is 1.78. The van der Waals surface area contributed by atoms with Gasteiger partial charge in [-0.05, 0) is 48.9 Å². The summed E-state index contributed by atoms with van der Waals surface area (Å²) < 4.78 is 18.1. The van der Waals surface area contributed by atoms with E-state index in [0.29, 0.717) is 0 Å². The second-order valence-electron chi connectivity index (χ2n) is 4.85. The van der Waals surface area contributed by atoms with E-state index >= 15 is 0 Å². The van der Waals surface area contributed by atoms with E-state index in [9.17, 15) is 9.50 Å². The summed E-state index contributed by atoms with van der Waals surface area (Å²) in [6.07, 6.45) is 0. The van der Waals surface area contributed by atoms with Crippen molar-refractivity contribution in [2.75, 3.05) is 19.0 Å². The van der Waals surface area contributed by atoms with Crippen molar-refractivity contribution >= 4 is 5.69 Å². The van der Waals surface area contributed by atoms with Gasteiger partial charge in [-0.3, -0.25) is 0 Å². The first-order chi connectivity index (χ1) is 9.57. The molecule has 0 fully saturated rings. The molecule has 2 aromatic carbocycles. The Morgan fingerprint density at radius 2 is 1.90 bits per heavy atom. The van der Waals surface area contributed by atoms with Crippen molar-refractivity contribution in [3.8, 4) is 5.75 Å². The van der Waals surface area contributed by atoms with Gasteiger partial charge in [0.15, 0.2) is 0 Å². The third-order valence-corrected chi connectivity index (χ3v) is 3.29. The molecule has 0 aliphatic carbocycles. The molecular weight excluding hydrogens is 257 g/mol. The molecule has 106 valence electrons. The lowest BCUT2D eigenvalue weighted by atomic mass is 9.92. The Morgan fingerprint density at radius 3 is 2.50 bits per heavy atom. The van der Waals surface area contributed by atoms with Crippen LogP contribution in [-0.2, 0) is 5.54 Å². The van der Waals surface area contributed by atoms with Gasteiger partial charge in [0.25, 0.3) is 0 Å². The third-order valence-electron chi connectivity index (χ3n) is 3.29. The number of hydrogen-bond donors (Lipinski definition) is 2. The number of methoxy groups -OCH3 is 1. The summed E-state index contributed by atoms with van der Waals surface area (Å²) in [5, 5.41) is 13.0. The number of hydrogen-bond acceptors (Lipinski definition) is 3. The fourth-order valence-corrected chi connectivity index (χ4v) is 2.02. The van der Waals surface area contributed by atoms with Gasteiger partial charge in [0, 0.05) is 5.69 Å². The van der Waals surface area contributed by atoms with Crippen molar-refractivity contribution in [3.05, 3.63) is 59.9 Å². The minimum absolute atomic E-state index is 0.0997. The van der Waals surface area contributed by atoms with Gasteiger partial charge in [0.1, 0.15) is 11.6 Å². The molecule has 0 saturated heterocycles. The number of ether oxygens (including phenoxy) is 1. The molecule has 1 atom stereocenters. The van der Waals surface area contributed by atoms with Crippen LogP contribution in [0.2, 0.25) is 0 Å². The maximum absolute atomic E-state index is 12.9. The van der Waals surface area contributed by atoms with E-state index in [0.717, 1.165) is 17.0 Å². The Hall–Kier alpha value is -2.07. The Kier molecular flexibility index (Phi) is 4.25. The minimum Gasteiger partial charge on any atom is -0.497 e. The molecule has 20 heavy (non-hydrogen) atoms. The fourth-order valence-electron chi connectivity index (χ4n) is 2.02. The highest BCUT2D eigenvalue weighted by atomic mass is 19.1. The number of anilines is 1. The normalized spacial score (nSPS) is 13.6. The van der Waals surface area contributed by atoms with Gasteiger partial charge in [0.05, 0.1) is 19.3 Å². The van der Waals surface area contributed by atoms with E-state index in [2.05, 4.69) is 5.32 Å². The van der Waals surface area contributed by atoms with Crippen LogP contribution in [0.3, 0.4) is 0 Å². The van der Waals surface area contributed by atoms with Gasteiger partial charge in [0.2, 0.25) is 0 Å². The molecule has 0 saturated carbocycles. The first-order valence-corrected chi connectivity index (χ1v) is 6.36. The van der Waals surface area contributed by atoms with Gasteiger partial charge in [-0.1, -0.05) is 12.1 Å². The Labute approximate surface area is 118 Å². The largest absolute Gasteiger partial charge is 0.497 e. The summed E-state index contributed by atoms with van der Waals surface area (Å²) in [5.74, 6) is 0.436. The second-order valence-corrected chi connectivity index (χ2v) is 4.85. The average Bonchev–Trinajstić information content (AvgIpc) is 2.49. The van der Waals surface area contributed by atoms with Crippen LogP contribution in [0.4, 0.5) is 10.1 Å². The average molecular weight is 275 g/mol. The van der Waals surface area contributed by atoms with Crippen LogP contribution in [0.5, 0.6) is 5.75 Å². The van der Waals surface area contributed by atoms with Gasteiger partial charge in [-0.25, -0.2) is 4.39 Å². The molecule has 1 unspecified atom stereocenters. The molecule has 0 aromatic heterocycles. The molecule has 0 heterocycles. The molecule has 4 heteroatoms. The van der Waals surface area contributed by atoms with E-state index in [1.807, 2.05) is 31.2 Å². The molecule has 0 bridgehead atoms. The smallest absolute Gasteiger partial charge is 0.123 e. The summed E-state index contributed by atoms with van der Waals surface area (Å²) >= 11 is 0. The number of nitrogens with one attached hydrogen (secondary N) is 1. The van der Waals surface area contributed by atoms with Crippen LogP contribution in [-0.4, -0.2) is 18.8 Å². The Bertz CT molecular complexity index is 571. The number of aliphatic hydroxyl groups is 1. The SMILES string of the molecule is COc1cccc(C(C)(CO)Nc2ccc(F)cc2)c1. The quantitative estimate of drug-likeness (QED) is 0.880. The van der Waals surface area contributed by atoms with Crippen molar-refractivity contribution < 1.29 is 14.2 Å². The second kappa shape index (κ2) is 5.92. The van der Waals surface area contributed by atoms with Crippen molar-refractivity contribution in [3.63, 3.8) is 0 Å². The van der Waals surface area contributed by atoms with Crippen LogP contribution in [0, 0.1) is 5.82 Å². The van der Waals surface area contributed by atoms with Crippen LogP contribution in [0.1, 0.15) is 12.5 Å². The summed E-state index contributed by atoms with van der Waals surface area (Å²) in [5.41, 5.74) is 0.960. The molecule has 0 aliphatic heterocycles. The van der Waals surface area contributed by atoms with Gasteiger partial charge >= 0.3 is 0 Å². The minimum atomic E-state index is -0.674. The zero-order chi connectivity index (χ0) is 14.6. The van der Waals surface area contributed by atoms with Crippen molar-refractivity contribution in [1.29, 1.82) is 0 Å². The van der Waals surface area contributed by atoms with Crippen LogP contribution >= 0.6 is 0 Å². The Morgan fingerprint density at radius 1 is 1.20 bits per heavy atom. The van der Waals surface area contributed by atoms with E-state index in [4.69, 9.17) is 4.74 Å². The first-order valence-electron chi connectivity index (χ1n) is 6.36. The lowest BCUT2D eigenvalue weighted by molar-refractivity contribution is 0.223. The standard InChI is InChI=1S/C16H18FNO2/c1-16(11-19,12-4-3-5-15(10-12)20-2)18-14-8-6-13(17)7-9-14/h3-10,18-19H,11H2,1-2H3. The Balaban J connectivity index is 2.30. The van der Waals surface area contributed by atoms with Gasteiger partial charge < -0.3 is 15.2 Å². The highest BCUT2D eigenvalue weighted by Crippen LogP contribution is 2.28. The third kappa shape index (κ3) is 3.08. The van der Waals surface area contributed by atoms with Crippen LogP contribution in [0.15, 0.2) is 48.5 Å². The summed E-state index contributed by atoms with van der Waals surface area (Å²) in [6, 6.07) is 13.5. The number of aliphatic hydroxyl groups excluding tert-OH is 1. The monoisotopic (exact) mass is 275 g/mol. The summed E-state index contributed by atoms with van der Waals surface area (Å²) in [4.78, 5) is 0. The molecule has 0 aliphatic rings. The number of halogens is 1. The molecule has 2 N–H and O–H groups in total. The molecule has 0 spiro atoms. The fraction of sp³-hybridized carbons (Fsp3) is 0.250. The van der Waals surface area contributed by atoms with Crippen LogP contribution < -0.4 is 10.1 Å². The zero-order valence-electron chi connectivity index (χ0n) is 11.6. The molecule has 2 rings (SSSR count). The maximum atomic E-state index is 12.9.